The van der Waals surface area contributed by atoms with Crippen LogP contribution in [0, 0.1) is 5.41 Å². The first-order valence-electron chi connectivity index (χ1n) is 7.80. The Morgan fingerprint density at radius 1 is 1.14 bits per heavy atom. The fourth-order valence-corrected chi connectivity index (χ4v) is 3.56. The molecule has 1 aromatic carbocycles. The molecule has 3 rings (SSSR count). The third-order valence-corrected chi connectivity index (χ3v) is 4.86. The molecule has 0 bridgehead atoms. The van der Waals surface area contributed by atoms with Gasteiger partial charge in [-0.05, 0) is 49.3 Å². The van der Waals surface area contributed by atoms with Gasteiger partial charge < -0.3 is 14.7 Å². The number of carbonyl (C=O) groups excluding carboxylic acids is 1. The van der Waals surface area contributed by atoms with Gasteiger partial charge in [0.15, 0.2) is 0 Å². The molecule has 2 fully saturated rings. The first kappa shape index (κ1) is 15.0. The number of carboxylic acid groups (broad SMARTS) is 1. The summed E-state index contributed by atoms with van der Waals surface area (Å²) in [6.45, 7) is 3.05. The van der Waals surface area contributed by atoms with Crippen LogP contribution in [0.4, 0.5) is 0 Å². The number of benzene rings is 1. The van der Waals surface area contributed by atoms with Gasteiger partial charge in [0.1, 0.15) is 0 Å². The van der Waals surface area contributed by atoms with Crippen molar-refractivity contribution >= 4 is 11.9 Å². The normalized spacial score (nSPS) is 20.8. The van der Waals surface area contributed by atoms with Crippen LogP contribution in [0.5, 0.6) is 0 Å². The van der Waals surface area contributed by atoms with Crippen molar-refractivity contribution in [3.63, 3.8) is 0 Å². The molecule has 0 unspecified atom stereocenters. The highest BCUT2D eigenvalue weighted by molar-refractivity contribution is 5.97. The van der Waals surface area contributed by atoms with Gasteiger partial charge in [0.25, 0.3) is 5.91 Å². The quantitative estimate of drug-likeness (QED) is 0.911. The van der Waals surface area contributed by atoms with Gasteiger partial charge in [-0.1, -0.05) is 6.07 Å². The van der Waals surface area contributed by atoms with Crippen molar-refractivity contribution in [2.45, 2.75) is 25.7 Å². The molecule has 5 heteroatoms. The minimum Gasteiger partial charge on any atom is -0.478 e. The lowest BCUT2D eigenvalue weighted by Gasteiger charge is -2.45. The Labute approximate surface area is 129 Å². The monoisotopic (exact) mass is 303 g/mol. The van der Waals surface area contributed by atoms with Crippen LogP contribution in [0.15, 0.2) is 24.3 Å². The van der Waals surface area contributed by atoms with Crippen LogP contribution >= 0.6 is 0 Å². The second kappa shape index (κ2) is 6.08. The number of nitrogens with zero attached hydrogens (tertiary/aromatic N) is 1. The average molecular weight is 303 g/mol. The van der Waals surface area contributed by atoms with Crippen LogP contribution in [0.2, 0.25) is 0 Å². The molecule has 0 aliphatic carbocycles. The maximum Gasteiger partial charge on any atom is 0.335 e. The van der Waals surface area contributed by atoms with E-state index in [1.807, 2.05) is 4.90 Å². The second-order valence-electron chi connectivity index (χ2n) is 6.33. The van der Waals surface area contributed by atoms with Crippen molar-refractivity contribution in [2.75, 3.05) is 26.3 Å². The van der Waals surface area contributed by atoms with Crippen molar-refractivity contribution < 1.29 is 19.4 Å². The van der Waals surface area contributed by atoms with Crippen LogP contribution in [-0.2, 0) is 4.74 Å². The van der Waals surface area contributed by atoms with E-state index in [1.165, 1.54) is 12.1 Å². The van der Waals surface area contributed by atoms with Crippen molar-refractivity contribution in [3.8, 4) is 0 Å². The maximum absolute atomic E-state index is 12.7. The van der Waals surface area contributed by atoms with Crippen molar-refractivity contribution in [1.82, 2.24) is 4.90 Å². The summed E-state index contributed by atoms with van der Waals surface area (Å²) >= 11 is 0. The molecule has 1 N–H and O–H groups in total. The zero-order valence-corrected chi connectivity index (χ0v) is 12.6. The molecule has 2 heterocycles. The smallest absolute Gasteiger partial charge is 0.335 e. The van der Waals surface area contributed by atoms with Gasteiger partial charge in [-0.25, -0.2) is 4.79 Å². The van der Waals surface area contributed by atoms with Gasteiger partial charge in [-0.2, -0.15) is 0 Å². The predicted octanol–water partition coefficient (Wildman–Crippen LogP) is 2.42. The van der Waals surface area contributed by atoms with Crippen LogP contribution in [0.25, 0.3) is 0 Å². The van der Waals surface area contributed by atoms with Crippen molar-refractivity contribution in [1.29, 1.82) is 0 Å². The third-order valence-electron chi connectivity index (χ3n) is 4.86. The number of hydrogen-bond donors (Lipinski definition) is 1. The Morgan fingerprint density at radius 2 is 1.86 bits per heavy atom. The first-order chi connectivity index (χ1) is 10.6. The van der Waals surface area contributed by atoms with E-state index >= 15 is 0 Å². The number of amides is 1. The molecule has 1 amide bonds. The summed E-state index contributed by atoms with van der Waals surface area (Å²) in [4.78, 5) is 25.6. The van der Waals surface area contributed by atoms with Crippen molar-refractivity contribution in [2.24, 2.45) is 5.41 Å². The van der Waals surface area contributed by atoms with Crippen molar-refractivity contribution in [3.05, 3.63) is 35.4 Å². The number of rotatable bonds is 2. The van der Waals surface area contributed by atoms with Gasteiger partial charge in [0, 0.05) is 31.9 Å². The van der Waals surface area contributed by atoms with Gasteiger partial charge >= 0.3 is 5.97 Å². The lowest BCUT2D eigenvalue weighted by atomic mass is 9.74. The molecule has 2 aliphatic rings. The van der Waals surface area contributed by atoms with E-state index in [1.54, 1.807) is 12.1 Å². The van der Waals surface area contributed by atoms with Crippen LogP contribution in [-0.4, -0.2) is 48.2 Å². The van der Waals surface area contributed by atoms with Gasteiger partial charge in [0.2, 0.25) is 0 Å². The molecule has 118 valence electrons. The standard InChI is InChI=1S/C17H21NO4/c19-15(13-3-1-4-14(11-13)16(20)21)18-8-2-5-17(12-18)6-9-22-10-7-17/h1,3-4,11H,2,5-10,12H2,(H,20,21). The zero-order valence-electron chi connectivity index (χ0n) is 12.6. The summed E-state index contributed by atoms with van der Waals surface area (Å²) in [5.41, 5.74) is 0.809. The highest BCUT2D eigenvalue weighted by Gasteiger charge is 2.38. The number of carbonyl (C=O) groups is 2. The van der Waals surface area contributed by atoms with Crippen LogP contribution < -0.4 is 0 Å². The molecule has 1 aromatic rings. The summed E-state index contributed by atoms with van der Waals surface area (Å²) < 4.78 is 5.45. The highest BCUT2D eigenvalue weighted by atomic mass is 16.5. The molecule has 22 heavy (non-hydrogen) atoms. The van der Waals surface area contributed by atoms with Crippen LogP contribution in [0.3, 0.4) is 0 Å². The molecule has 0 saturated carbocycles. The average Bonchev–Trinajstić information content (AvgIpc) is 2.55. The molecule has 0 radical (unpaired) electrons. The molecule has 2 aliphatic heterocycles. The molecule has 1 spiro atoms. The molecular weight excluding hydrogens is 282 g/mol. The lowest BCUT2D eigenvalue weighted by Crippen LogP contribution is -2.48. The molecule has 0 aromatic heterocycles. The molecule has 2 saturated heterocycles. The fraction of sp³-hybridized carbons (Fsp3) is 0.529. The number of aromatic carboxylic acids is 1. The summed E-state index contributed by atoms with van der Waals surface area (Å²) in [5.74, 6) is -1.07. The molecule has 0 atom stereocenters. The van der Waals surface area contributed by atoms with Gasteiger partial charge in [0.05, 0.1) is 5.56 Å². The Balaban J connectivity index is 1.76. The van der Waals surface area contributed by atoms with E-state index in [0.717, 1.165) is 52.0 Å². The molecular formula is C17H21NO4. The Bertz CT molecular complexity index is 572. The third kappa shape index (κ3) is 2.99. The number of carboxylic acids is 1. The van der Waals surface area contributed by atoms with E-state index in [-0.39, 0.29) is 16.9 Å². The Kier molecular flexibility index (Phi) is 4.16. The second-order valence-corrected chi connectivity index (χ2v) is 6.33. The number of hydrogen-bond acceptors (Lipinski definition) is 3. The van der Waals surface area contributed by atoms with E-state index in [9.17, 15) is 9.59 Å². The minimum absolute atomic E-state index is 0.0614. The summed E-state index contributed by atoms with van der Waals surface area (Å²) in [7, 11) is 0. The van der Waals surface area contributed by atoms with Crippen LogP contribution in [0.1, 0.15) is 46.4 Å². The lowest BCUT2D eigenvalue weighted by molar-refractivity contribution is -0.0229. The number of likely N-dealkylation sites (tertiary alicyclic amines) is 1. The zero-order chi connectivity index (χ0) is 15.6. The highest BCUT2D eigenvalue weighted by Crippen LogP contribution is 2.39. The van der Waals surface area contributed by atoms with E-state index in [4.69, 9.17) is 9.84 Å². The number of ether oxygens (including phenoxy) is 1. The summed E-state index contributed by atoms with van der Waals surface area (Å²) in [6.07, 6.45) is 4.16. The van der Waals surface area contributed by atoms with E-state index < -0.39 is 5.97 Å². The van der Waals surface area contributed by atoms with E-state index in [0.29, 0.717) is 5.56 Å². The largest absolute Gasteiger partial charge is 0.478 e. The Morgan fingerprint density at radius 3 is 2.59 bits per heavy atom. The first-order valence-corrected chi connectivity index (χ1v) is 7.80. The summed E-state index contributed by atoms with van der Waals surface area (Å²) in [5, 5.41) is 9.06. The predicted molar refractivity (Wildman–Crippen MR) is 81.0 cm³/mol. The molecule has 5 nitrogen and oxygen atoms in total. The maximum atomic E-state index is 12.7. The van der Waals surface area contributed by atoms with Gasteiger partial charge in [-0.3, -0.25) is 4.79 Å². The fourth-order valence-electron chi connectivity index (χ4n) is 3.56. The number of piperidine rings is 1. The SMILES string of the molecule is O=C(O)c1cccc(C(=O)N2CCCC3(CCOCC3)C2)c1. The topological polar surface area (TPSA) is 66.8 Å². The van der Waals surface area contributed by atoms with Gasteiger partial charge in [-0.15, -0.1) is 0 Å². The summed E-state index contributed by atoms with van der Waals surface area (Å²) in [6, 6.07) is 6.30. The minimum atomic E-state index is -1.01. The van der Waals surface area contributed by atoms with E-state index in [2.05, 4.69) is 0 Å². The Hall–Kier alpha value is -1.88.